The summed E-state index contributed by atoms with van der Waals surface area (Å²) >= 11 is 0. The summed E-state index contributed by atoms with van der Waals surface area (Å²) in [4.78, 5) is 2.48. The molecular formula is C23H31N. The number of nitrogens with zero attached hydrogens (tertiary/aromatic N) is 1. The van der Waals surface area contributed by atoms with Gasteiger partial charge in [0.25, 0.3) is 0 Å². The molecule has 0 heterocycles. The van der Waals surface area contributed by atoms with Crippen molar-refractivity contribution in [2.45, 2.75) is 58.9 Å². The maximum atomic E-state index is 2.48. The smallest absolute Gasteiger partial charge is 0.0233 e. The van der Waals surface area contributed by atoms with Crippen molar-refractivity contribution in [2.75, 3.05) is 13.1 Å². The van der Waals surface area contributed by atoms with Crippen molar-refractivity contribution in [3.8, 4) is 11.1 Å². The minimum absolute atomic E-state index is 0.107. The van der Waals surface area contributed by atoms with Gasteiger partial charge in [0.05, 0.1) is 0 Å². The molecule has 0 aliphatic heterocycles. The fraction of sp³-hybridized carbons (Fsp3) is 0.478. The Morgan fingerprint density at radius 3 is 2.00 bits per heavy atom. The summed E-state index contributed by atoms with van der Waals surface area (Å²) in [5, 5.41) is 0. The Bertz CT molecular complexity index is 735. The lowest BCUT2D eigenvalue weighted by atomic mass is 9.55. The maximum Gasteiger partial charge on any atom is 0.0233 e. The van der Waals surface area contributed by atoms with E-state index in [1.54, 1.807) is 0 Å². The zero-order chi connectivity index (χ0) is 17.5. The first-order valence-electron chi connectivity index (χ1n) is 9.28. The van der Waals surface area contributed by atoms with Crippen LogP contribution in [0.3, 0.4) is 0 Å². The Balaban J connectivity index is 2.15. The molecule has 0 bridgehead atoms. The van der Waals surface area contributed by atoms with Gasteiger partial charge in [-0.25, -0.2) is 0 Å². The molecular weight excluding hydrogens is 290 g/mol. The average molecular weight is 322 g/mol. The fourth-order valence-corrected chi connectivity index (χ4v) is 4.08. The first kappa shape index (κ1) is 17.2. The van der Waals surface area contributed by atoms with Crippen LogP contribution in [-0.2, 0) is 17.4 Å². The second-order valence-corrected chi connectivity index (χ2v) is 8.14. The Morgan fingerprint density at radius 2 is 1.33 bits per heavy atom. The van der Waals surface area contributed by atoms with E-state index in [4.69, 9.17) is 0 Å². The lowest BCUT2D eigenvalue weighted by molar-refractivity contribution is 0.290. The second-order valence-electron chi connectivity index (χ2n) is 8.14. The van der Waals surface area contributed by atoms with E-state index in [-0.39, 0.29) is 10.8 Å². The molecule has 0 saturated heterocycles. The van der Waals surface area contributed by atoms with Gasteiger partial charge in [-0.05, 0) is 51.7 Å². The van der Waals surface area contributed by atoms with Crippen LogP contribution in [0.5, 0.6) is 0 Å². The van der Waals surface area contributed by atoms with Crippen LogP contribution in [0.1, 0.15) is 58.2 Å². The van der Waals surface area contributed by atoms with Crippen LogP contribution < -0.4 is 0 Å². The third-order valence-electron chi connectivity index (χ3n) is 6.51. The van der Waals surface area contributed by atoms with E-state index in [1.807, 2.05) is 0 Å². The highest BCUT2D eigenvalue weighted by atomic mass is 15.1. The van der Waals surface area contributed by atoms with E-state index in [0.29, 0.717) is 0 Å². The van der Waals surface area contributed by atoms with Crippen LogP contribution in [0.4, 0.5) is 0 Å². The van der Waals surface area contributed by atoms with Crippen molar-refractivity contribution in [1.82, 2.24) is 4.90 Å². The van der Waals surface area contributed by atoms with Crippen molar-refractivity contribution in [3.05, 3.63) is 59.2 Å². The van der Waals surface area contributed by atoms with E-state index < -0.39 is 0 Å². The van der Waals surface area contributed by atoms with Gasteiger partial charge in [-0.3, -0.25) is 4.90 Å². The van der Waals surface area contributed by atoms with Crippen molar-refractivity contribution in [1.29, 1.82) is 0 Å². The SMILES string of the molecule is CCN(CC)Cc1ccc2c(c1)C(C)(C)C(C)(C)c1ccccc1-2. The number of fused-ring (bicyclic) bond motifs is 3. The highest BCUT2D eigenvalue weighted by Gasteiger charge is 2.45. The number of hydrogen-bond donors (Lipinski definition) is 0. The van der Waals surface area contributed by atoms with Crippen LogP contribution in [-0.4, -0.2) is 18.0 Å². The lowest BCUT2D eigenvalue weighted by Crippen LogP contribution is -2.43. The van der Waals surface area contributed by atoms with Gasteiger partial charge in [-0.2, -0.15) is 0 Å². The fourth-order valence-electron chi connectivity index (χ4n) is 4.08. The molecule has 0 amide bonds. The van der Waals surface area contributed by atoms with Gasteiger partial charge in [-0.15, -0.1) is 0 Å². The second kappa shape index (κ2) is 6.04. The molecule has 1 aliphatic rings. The van der Waals surface area contributed by atoms with Crippen LogP contribution in [0.15, 0.2) is 42.5 Å². The summed E-state index contributed by atoms with van der Waals surface area (Å²) in [5.74, 6) is 0. The van der Waals surface area contributed by atoms with Gasteiger partial charge in [0, 0.05) is 6.54 Å². The van der Waals surface area contributed by atoms with E-state index in [0.717, 1.165) is 19.6 Å². The minimum Gasteiger partial charge on any atom is -0.300 e. The van der Waals surface area contributed by atoms with Crippen LogP contribution in [0.2, 0.25) is 0 Å². The summed E-state index contributed by atoms with van der Waals surface area (Å²) in [6, 6.07) is 16.1. The molecule has 24 heavy (non-hydrogen) atoms. The lowest BCUT2D eigenvalue weighted by Gasteiger charge is -2.48. The Labute approximate surface area is 147 Å². The molecule has 0 spiro atoms. The molecule has 0 atom stereocenters. The molecule has 0 saturated carbocycles. The minimum atomic E-state index is 0.107. The molecule has 128 valence electrons. The highest BCUT2D eigenvalue weighted by molar-refractivity contribution is 5.77. The largest absolute Gasteiger partial charge is 0.300 e. The van der Waals surface area contributed by atoms with Crippen molar-refractivity contribution >= 4 is 0 Å². The van der Waals surface area contributed by atoms with Crippen LogP contribution in [0.25, 0.3) is 11.1 Å². The quantitative estimate of drug-likeness (QED) is 0.691. The molecule has 1 heteroatoms. The van der Waals surface area contributed by atoms with Crippen LogP contribution >= 0.6 is 0 Å². The molecule has 0 unspecified atom stereocenters. The summed E-state index contributed by atoms with van der Waals surface area (Å²) < 4.78 is 0. The first-order valence-corrected chi connectivity index (χ1v) is 9.28. The molecule has 0 radical (unpaired) electrons. The molecule has 1 nitrogen and oxygen atoms in total. The zero-order valence-electron chi connectivity index (χ0n) is 16.1. The Hall–Kier alpha value is -1.60. The van der Waals surface area contributed by atoms with Gasteiger partial charge >= 0.3 is 0 Å². The van der Waals surface area contributed by atoms with Crippen molar-refractivity contribution in [2.24, 2.45) is 0 Å². The van der Waals surface area contributed by atoms with Gasteiger partial charge in [0.2, 0.25) is 0 Å². The average Bonchev–Trinajstić information content (AvgIpc) is 2.58. The van der Waals surface area contributed by atoms with Gasteiger partial charge < -0.3 is 0 Å². The number of rotatable bonds is 4. The Morgan fingerprint density at radius 1 is 0.750 bits per heavy atom. The summed E-state index contributed by atoms with van der Waals surface area (Å²) in [6.07, 6.45) is 0. The predicted molar refractivity (Wildman–Crippen MR) is 105 cm³/mol. The van der Waals surface area contributed by atoms with Gasteiger partial charge in [0.15, 0.2) is 0 Å². The molecule has 1 aliphatic carbocycles. The summed E-state index contributed by atoms with van der Waals surface area (Å²) in [6.45, 7) is 17.3. The van der Waals surface area contributed by atoms with E-state index in [1.165, 1.54) is 27.8 Å². The first-order chi connectivity index (χ1) is 11.3. The Kier molecular flexibility index (Phi) is 4.34. The predicted octanol–water partition coefficient (Wildman–Crippen LogP) is 5.76. The normalized spacial score (nSPS) is 17.5. The van der Waals surface area contributed by atoms with E-state index in [9.17, 15) is 0 Å². The topological polar surface area (TPSA) is 3.24 Å². The van der Waals surface area contributed by atoms with E-state index in [2.05, 4.69) is 88.9 Å². The summed E-state index contributed by atoms with van der Waals surface area (Å²) in [7, 11) is 0. The number of hydrogen-bond acceptors (Lipinski definition) is 1. The molecule has 2 aromatic carbocycles. The van der Waals surface area contributed by atoms with Gasteiger partial charge in [0.1, 0.15) is 0 Å². The highest BCUT2D eigenvalue weighted by Crippen LogP contribution is 2.53. The molecule has 2 aromatic rings. The zero-order valence-corrected chi connectivity index (χ0v) is 16.1. The number of benzene rings is 2. The van der Waals surface area contributed by atoms with Crippen molar-refractivity contribution < 1.29 is 0 Å². The maximum absolute atomic E-state index is 2.48. The standard InChI is InChI=1S/C23H31N/c1-7-24(8-2)16-17-13-14-19-18-11-9-10-12-20(18)22(3,4)23(5,6)21(19)15-17/h9-15H,7-8,16H2,1-6H3. The molecule has 0 N–H and O–H groups in total. The van der Waals surface area contributed by atoms with Crippen LogP contribution in [0, 0.1) is 0 Å². The molecule has 0 fully saturated rings. The monoisotopic (exact) mass is 321 g/mol. The third kappa shape index (κ3) is 2.50. The molecule has 0 aromatic heterocycles. The van der Waals surface area contributed by atoms with Gasteiger partial charge in [-0.1, -0.05) is 84.0 Å². The summed E-state index contributed by atoms with van der Waals surface area (Å²) in [5.41, 5.74) is 7.44. The van der Waals surface area contributed by atoms with Crippen molar-refractivity contribution in [3.63, 3.8) is 0 Å². The van der Waals surface area contributed by atoms with E-state index >= 15 is 0 Å². The third-order valence-corrected chi connectivity index (χ3v) is 6.51. The molecule has 3 rings (SSSR count).